The molecule has 1 atom stereocenters. The first-order valence-electron chi connectivity index (χ1n) is 6.43. The van der Waals surface area contributed by atoms with Crippen molar-refractivity contribution in [3.05, 3.63) is 30.1 Å². The maximum Gasteiger partial charge on any atom is 0.221 e. The van der Waals surface area contributed by atoms with Crippen LogP contribution in [-0.2, 0) is 9.53 Å². The maximum atomic E-state index is 12.7. The van der Waals surface area contributed by atoms with Gasteiger partial charge in [-0.3, -0.25) is 4.79 Å². The number of amides is 1. The van der Waals surface area contributed by atoms with Gasteiger partial charge >= 0.3 is 0 Å². The first-order valence-corrected chi connectivity index (χ1v) is 7.41. The van der Waals surface area contributed by atoms with Gasteiger partial charge in [0.25, 0.3) is 0 Å². The number of methoxy groups -OCH3 is 1. The lowest BCUT2D eigenvalue weighted by Gasteiger charge is -2.16. The van der Waals surface area contributed by atoms with Crippen LogP contribution in [0.4, 0.5) is 4.39 Å². The van der Waals surface area contributed by atoms with Crippen molar-refractivity contribution in [2.45, 2.75) is 23.8 Å². The van der Waals surface area contributed by atoms with Gasteiger partial charge in [0.2, 0.25) is 5.91 Å². The van der Waals surface area contributed by atoms with Gasteiger partial charge in [-0.15, -0.1) is 11.8 Å². The summed E-state index contributed by atoms with van der Waals surface area (Å²) in [6.45, 7) is 0.399. The summed E-state index contributed by atoms with van der Waals surface area (Å²) in [5.74, 6) is 0.282. The van der Waals surface area contributed by atoms with Crippen molar-refractivity contribution in [2.75, 3.05) is 26.1 Å². The third kappa shape index (κ3) is 6.88. The van der Waals surface area contributed by atoms with Gasteiger partial charge in [0, 0.05) is 30.8 Å². The van der Waals surface area contributed by atoms with Crippen molar-refractivity contribution in [1.29, 1.82) is 0 Å². The summed E-state index contributed by atoms with van der Waals surface area (Å²) in [6, 6.07) is 6.03. The third-order valence-electron chi connectivity index (χ3n) is 2.62. The van der Waals surface area contributed by atoms with Crippen LogP contribution in [0.15, 0.2) is 29.2 Å². The number of halogens is 1. The first kappa shape index (κ1) is 16.9. The van der Waals surface area contributed by atoms with Gasteiger partial charge in [-0.1, -0.05) is 0 Å². The molecule has 0 radical (unpaired) electrons. The van der Waals surface area contributed by atoms with Crippen molar-refractivity contribution < 1.29 is 19.0 Å². The molecule has 0 fully saturated rings. The zero-order valence-electron chi connectivity index (χ0n) is 11.5. The van der Waals surface area contributed by atoms with Gasteiger partial charge in [0.1, 0.15) is 5.82 Å². The van der Waals surface area contributed by atoms with E-state index in [2.05, 4.69) is 5.32 Å². The number of hydrogen-bond donors (Lipinski definition) is 2. The molecule has 0 saturated carbocycles. The highest BCUT2D eigenvalue weighted by Gasteiger charge is 2.11. The number of benzene rings is 1. The quantitative estimate of drug-likeness (QED) is 0.683. The van der Waals surface area contributed by atoms with Gasteiger partial charge in [-0.2, -0.15) is 0 Å². The van der Waals surface area contributed by atoms with Gasteiger partial charge < -0.3 is 15.2 Å². The van der Waals surface area contributed by atoms with E-state index in [0.29, 0.717) is 25.2 Å². The van der Waals surface area contributed by atoms with E-state index in [4.69, 9.17) is 9.84 Å². The summed E-state index contributed by atoms with van der Waals surface area (Å²) >= 11 is 1.50. The lowest BCUT2D eigenvalue weighted by Crippen LogP contribution is -2.38. The van der Waals surface area contributed by atoms with Crippen LogP contribution in [0.5, 0.6) is 0 Å². The molecule has 1 rings (SSSR count). The van der Waals surface area contributed by atoms with E-state index in [1.54, 1.807) is 19.2 Å². The van der Waals surface area contributed by atoms with E-state index in [1.807, 2.05) is 0 Å². The van der Waals surface area contributed by atoms with Crippen LogP contribution >= 0.6 is 11.8 Å². The van der Waals surface area contributed by atoms with Crippen LogP contribution < -0.4 is 5.32 Å². The van der Waals surface area contributed by atoms with E-state index in [1.165, 1.54) is 23.9 Å². The molecule has 112 valence electrons. The number of rotatable bonds is 9. The summed E-state index contributed by atoms with van der Waals surface area (Å²) in [5, 5.41) is 11.7. The van der Waals surface area contributed by atoms with E-state index in [-0.39, 0.29) is 24.4 Å². The highest BCUT2D eigenvalue weighted by atomic mass is 32.2. The van der Waals surface area contributed by atoms with Gasteiger partial charge in [0.15, 0.2) is 0 Å². The van der Waals surface area contributed by atoms with Crippen LogP contribution in [0, 0.1) is 5.82 Å². The molecule has 0 aliphatic carbocycles. The number of carbonyl (C=O) groups excluding carboxylic acids is 1. The van der Waals surface area contributed by atoms with Crippen LogP contribution in [0.2, 0.25) is 0 Å². The molecule has 0 aromatic heterocycles. The van der Waals surface area contributed by atoms with Gasteiger partial charge in [0.05, 0.1) is 12.6 Å². The minimum Gasteiger partial charge on any atom is -0.396 e. The number of nitrogens with one attached hydrogen (secondary N) is 1. The van der Waals surface area contributed by atoms with E-state index >= 15 is 0 Å². The zero-order chi connectivity index (χ0) is 14.8. The number of hydrogen-bond acceptors (Lipinski definition) is 4. The Morgan fingerprint density at radius 3 is 2.75 bits per heavy atom. The average Bonchev–Trinajstić information content (AvgIpc) is 2.41. The average molecular weight is 301 g/mol. The number of aliphatic hydroxyl groups is 1. The highest BCUT2D eigenvalue weighted by Crippen LogP contribution is 2.18. The van der Waals surface area contributed by atoms with E-state index in [0.717, 1.165) is 4.90 Å². The molecule has 6 heteroatoms. The standard InChI is InChI=1S/C14H20FNO3S/c1-19-10-12(6-8-17)16-14(18)7-9-20-13-4-2-11(15)3-5-13/h2-5,12,17H,6-10H2,1H3,(H,16,18). The molecular weight excluding hydrogens is 281 g/mol. The van der Waals surface area contributed by atoms with E-state index < -0.39 is 0 Å². The topological polar surface area (TPSA) is 58.6 Å². The molecule has 20 heavy (non-hydrogen) atoms. The predicted molar refractivity (Wildman–Crippen MR) is 77.3 cm³/mol. The second-order valence-electron chi connectivity index (χ2n) is 4.28. The molecule has 4 nitrogen and oxygen atoms in total. The Morgan fingerprint density at radius 1 is 1.45 bits per heavy atom. The molecule has 1 unspecified atom stereocenters. The molecule has 0 aliphatic heterocycles. The van der Waals surface area contributed by atoms with Crippen LogP contribution in [-0.4, -0.2) is 43.1 Å². The largest absolute Gasteiger partial charge is 0.396 e. The molecule has 0 heterocycles. The smallest absolute Gasteiger partial charge is 0.221 e. The summed E-state index contributed by atoms with van der Waals surface area (Å²) in [7, 11) is 1.56. The molecule has 1 aromatic carbocycles. The molecule has 0 spiro atoms. The molecule has 0 aliphatic rings. The minimum absolute atomic E-state index is 0.0125. The normalized spacial score (nSPS) is 12.2. The number of aliphatic hydroxyl groups excluding tert-OH is 1. The summed E-state index contributed by atoms with van der Waals surface area (Å²) < 4.78 is 17.7. The maximum absolute atomic E-state index is 12.7. The molecule has 0 saturated heterocycles. The van der Waals surface area contributed by atoms with Crippen molar-refractivity contribution in [3.63, 3.8) is 0 Å². The minimum atomic E-state index is -0.265. The lowest BCUT2D eigenvalue weighted by molar-refractivity contribution is -0.121. The fourth-order valence-electron chi connectivity index (χ4n) is 1.65. The Bertz CT molecular complexity index is 394. The van der Waals surface area contributed by atoms with Crippen LogP contribution in [0.1, 0.15) is 12.8 Å². The zero-order valence-corrected chi connectivity index (χ0v) is 12.3. The highest BCUT2D eigenvalue weighted by molar-refractivity contribution is 7.99. The SMILES string of the molecule is COCC(CCO)NC(=O)CCSc1ccc(F)cc1. The monoisotopic (exact) mass is 301 g/mol. The molecule has 2 N–H and O–H groups in total. The molecule has 1 aromatic rings. The fourth-order valence-corrected chi connectivity index (χ4v) is 2.50. The summed E-state index contributed by atoms with van der Waals surface area (Å²) in [4.78, 5) is 12.7. The Labute approximate surface area is 122 Å². The summed E-state index contributed by atoms with van der Waals surface area (Å²) in [6.07, 6.45) is 0.846. The second-order valence-corrected chi connectivity index (χ2v) is 5.45. The van der Waals surface area contributed by atoms with Gasteiger partial charge in [-0.05, 0) is 30.7 Å². The number of thioether (sulfide) groups is 1. The van der Waals surface area contributed by atoms with Crippen LogP contribution in [0.25, 0.3) is 0 Å². The number of carbonyl (C=O) groups is 1. The molecule has 1 amide bonds. The molecular formula is C14H20FNO3S. The Balaban J connectivity index is 2.26. The third-order valence-corrected chi connectivity index (χ3v) is 3.64. The van der Waals surface area contributed by atoms with Crippen molar-refractivity contribution in [1.82, 2.24) is 5.32 Å². The Hall–Kier alpha value is -1.11. The first-order chi connectivity index (χ1) is 9.65. The number of ether oxygens (including phenoxy) is 1. The van der Waals surface area contributed by atoms with E-state index in [9.17, 15) is 9.18 Å². The fraction of sp³-hybridized carbons (Fsp3) is 0.500. The van der Waals surface area contributed by atoms with Crippen molar-refractivity contribution >= 4 is 17.7 Å². The van der Waals surface area contributed by atoms with Crippen LogP contribution in [0.3, 0.4) is 0 Å². The van der Waals surface area contributed by atoms with Crippen molar-refractivity contribution in [2.24, 2.45) is 0 Å². The Kier molecular flexibility index (Phi) is 8.25. The molecule has 0 bridgehead atoms. The van der Waals surface area contributed by atoms with Crippen molar-refractivity contribution in [3.8, 4) is 0 Å². The Morgan fingerprint density at radius 2 is 2.15 bits per heavy atom. The lowest BCUT2D eigenvalue weighted by atomic mass is 10.2. The second kappa shape index (κ2) is 9.74. The van der Waals surface area contributed by atoms with Gasteiger partial charge in [-0.25, -0.2) is 4.39 Å². The summed E-state index contributed by atoms with van der Waals surface area (Å²) in [5.41, 5.74) is 0. The predicted octanol–water partition coefficient (Wildman–Crippen LogP) is 1.82.